The summed E-state index contributed by atoms with van der Waals surface area (Å²) in [6.07, 6.45) is 0.468. The lowest BCUT2D eigenvalue weighted by Crippen LogP contribution is -2.57. The Morgan fingerprint density at radius 2 is 1.59 bits per heavy atom. The summed E-state index contributed by atoms with van der Waals surface area (Å²) in [4.78, 5) is 51.0. The highest BCUT2D eigenvalue weighted by atomic mass is 16.4. The van der Waals surface area contributed by atoms with E-state index in [-0.39, 0.29) is 24.8 Å². The zero-order valence-corrected chi connectivity index (χ0v) is 16.6. The minimum Gasteiger partial charge on any atom is -0.480 e. The topological polar surface area (TPSA) is 235 Å². The zero-order chi connectivity index (χ0) is 22.6. The number of hydrogen-bond donors (Lipinski definition) is 8. The second-order valence-corrected chi connectivity index (χ2v) is 6.64. The van der Waals surface area contributed by atoms with Gasteiger partial charge in [0.05, 0.1) is 12.6 Å². The van der Waals surface area contributed by atoms with Gasteiger partial charge >= 0.3 is 5.97 Å². The maximum atomic E-state index is 12.6. The van der Waals surface area contributed by atoms with E-state index in [1.54, 1.807) is 13.8 Å². The molecule has 0 rings (SSSR count). The number of rotatable bonds is 13. The third kappa shape index (κ3) is 10.8. The molecule has 0 saturated heterocycles. The van der Waals surface area contributed by atoms with Crippen molar-refractivity contribution in [3.63, 3.8) is 0 Å². The van der Waals surface area contributed by atoms with Gasteiger partial charge in [0.15, 0.2) is 5.96 Å². The summed E-state index contributed by atoms with van der Waals surface area (Å²) in [7, 11) is 0. The van der Waals surface area contributed by atoms with Gasteiger partial charge in [-0.05, 0) is 18.8 Å². The number of aliphatic carboxylic acids is 1. The van der Waals surface area contributed by atoms with Gasteiger partial charge in [0, 0.05) is 6.54 Å². The van der Waals surface area contributed by atoms with Crippen molar-refractivity contribution in [3.8, 4) is 0 Å². The van der Waals surface area contributed by atoms with Gasteiger partial charge in [0.1, 0.15) is 18.6 Å². The Morgan fingerprint density at radius 3 is 2.07 bits per heavy atom. The van der Waals surface area contributed by atoms with Crippen LogP contribution in [0.2, 0.25) is 0 Å². The fraction of sp³-hybridized carbons (Fsp3) is 0.688. The van der Waals surface area contributed by atoms with Gasteiger partial charge in [-0.1, -0.05) is 13.8 Å². The van der Waals surface area contributed by atoms with Gasteiger partial charge in [0.2, 0.25) is 17.7 Å². The molecule has 13 nitrogen and oxygen atoms in total. The van der Waals surface area contributed by atoms with E-state index in [0.29, 0.717) is 6.42 Å². The predicted octanol–water partition coefficient (Wildman–Crippen LogP) is -3.81. The highest BCUT2D eigenvalue weighted by Gasteiger charge is 2.28. The monoisotopic (exact) mass is 417 g/mol. The standard InChI is InChI=1S/C16H31N7O6/c1-8(2)12(17)15(29)22-9(4-3-5-20-16(18)19)14(28)23-10(7-24)13(27)21-6-11(25)26/h8-10,12,24H,3-7,17H2,1-2H3,(H,21,27)(H,22,29)(H,23,28)(H,25,26)(H4,18,19,20). The van der Waals surface area contributed by atoms with Crippen LogP contribution in [0.5, 0.6) is 0 Å². The Bertz CT molecular complexity index is 607. The first-order valence-electron chi connectivity index (χ1n) is 9.01. The fourth-order valence-corrected chi connectivity index (χ4v) is 2.10. The van der Waals surface area contributed by atoms with Crippen molar-refractivity contribution in [3.05, 3.63) is 0 Å². The van der Waals surface area contributed by atoms with Crippen LogP contribution in [-0.2, 0) is 19.2 Å². The molecule has 0 bridgehead atoms. The molecule has 0 aliphatic heterocycles. The Hall–Kier alpha value is -2.93. The molecule has 0 aromatic heterocycles. The van der Waals surface area contributed by atoms with Crippen LogP contribution < -0.4 is 33.2 Å². The minimum absolute atomic E-state index is 0.118. The first-order chi connectivity index (χ1) is 13.5. The predicted molar refractivity (Wildman–Crippen MR) is 104 cm³/mol. The number of carboxylic acid groups (broad SMARTS) is 1. The molecule has 3 atom stereocenters. The van der Waals surface area contributed by atoms with Gasteiger partial charge in [-0.25, -0.2) is 0 Å². The number of hydrogen-bond acceptors (Lipinski definition) is 7. The summed E-state index contributed by atoms with van der Waals surface area (Å²) in [6, 6.07) is -3.31. The molecule has 0 radical (unpaired) electrons. The normalized spacial score (nSPS) is 13.7. The highest BCUT2D eigenvalue weighted by Crippen LogP contribution is 2.03. The number of carbonyl (C=O) groups is 4. The van der Waals surface area contributed by atoms with Crippen LogP contribution in [0.4, 0.5) is 0 Å². The number of aliphatic imine (C=N–C) groups is 1. The van der Waals surface area contributed by atoms with Crippen molar-refractivity contribution in [1.29, 1.82) is 0 Å². The molecule has 29 heavy (non-hydrogen) atoms. The van der Waals surface area contributed by atoms with E-state index >= 15 is 0 Å². The average molecular weight is 417 g/mol. The van der Waals surface area contributed by atoms with E-state index < -0.39 is 55.0 Å². The molecule has 0 fully saturated rings. The molecule has 166 valence electrons. The van der Waals surface area contributed by atoms with Gasteiger partial charge in [-0.15, -0.1) is 0 Å². The van der Waals surface area contributed by atoms with E-state index in [0.717, 1.165) is 0 Å². The molecule has 0 aliphatic carbocycles. The number of nitrogens with zero attached hydrogens (tertiary/aromatic N) is 1. The molecule has 0 heterocycles. The van der Waals surface area contributed by atoms with Crippen molar-refractivity contribution < 1.29 is 29.4 Å². The summed E-state index contributed by atoms with van der Waals surface area (Å²) >= 11 is 0. The van der Waals surface area contributed by atoms with E-state index in [2.05, 4.69) is 20.9 Å². The molecule has 11 N–H and O–H groups in total. The maximum Gasteiger partial charge on any atom is 0.322 e. The van der Waals surface area contributed by atoms with Crippen LogP contribution >= 0.6 is 0 Å². The Balaban J connectivity index is 5.12. The third-order valence-corrected chi connectivity index (χ3v) is 3.83. The smallest absolute Gasteiger partial charge is 0.322 e. The number of carbonyl (C=O) groups excluding carboxylic acids is 3. The molecular formula is C16H31N7O6. The van der Waals surface area contributed by atoms with Crippen LogP contribution in [0, 0.1) is 5.92 Å². The molecule has 0 spiro atoms. The number of nitrogens with one attached hydrogen (secondary N) is 3. The van der Waals surface area contributed by atoms with E-state index in [9.17, 15) is 24.3 Å². The number of aliphatic hydroxyl groups is 1. The van der Waals surface area contributed by atoms with Crippen LogP contribution in [0.3, 0.4) is 0 Å². The molecular weight excluding hydrogens is 386 g/mol. The first kappa shape index (κ1) is 26.1. The van der Waals surface area contributed by atoms with Crippen molar-refractivity contribution in [2.24, 2.45) is 28.1 Å². The quantitative estimate of drug-likeness (QED) is 0.0831. The number of nitrogens with two attached hydrogens (primary N) is 3. The van der Waals surface area contributed by atoms with Crippen LogP contribution in [0.15, 0.2) is 4.99 Å². The number of carboxylic acids is 1. The van der Waals surface area contributed by atoms with Crippen molar-refractivity contribution in [2.75, 3.05) is 19.7 Å². The number of guanidine groups is 1. The summed E-state index contributed by atoms with van der Waals surface area (Å²) in [5.74, 6) is -3.76. The largest absolute Gasteiger partial charge is 0.480 e. The lowest BCUT2D eigenvalue weighted by atomic mass is 10.0. The van der Waals surface area contributed by atoms with E-state index in [4.69, 9.17) is 22.3 Å². The maximum absolute atomic E-state index is 12.6. The van der Waals surface area contributed by atoms with Crippen LogP contribution in [-0.4, -0.2) is 77.7 Å². The van der Waals surface area contributed by atoms with Crippen LogP contribution in [0.1, 0.15) is 26.7 Å². The zero-order valence-electron chi connectivity index (χ0n) is 16.6. The van der Waals surface area contributed by atoms with Crippen molar-refractivity contribution in [2.45, 2.75) is 44.8 Å². The first-order valence-corrected chi connectivity index (χ1v) is 9.01. The van der Waals surface area contributed by atoms with Gasteiger partial charge < -0.3 is 43.4 Å². The molecule has 0 aromatic carbocycles. The SMILES string of the molecule is CC(C)C(N)C(=O)NC(CCCN=C(N)N)C(=O)NC(CO)C(=O)NCC(=O)O. The fourth-order valence-electron chi connectivity index (χ4n) is 2.10. The molecule has 0 aliphatic rings. The molecule has 3 unspecified atom stereocenters. The van der Waals surface area contributed by atoms with E-state index in [1.807, 2.05) is 0 Å². The number of amides is 3. The summed E-state index contributed by atoms with van der Waals surface area (Å²) < 4.78 is 0. The molecule has 3 amide bonds. The molecule has 0 aromatic rings. The number of aliphatic hydroxyl groups excluding tert-OH is 1. The summed E-state index contributed by atoms with van der Waals surface area (Å²) in [5, 5.41) is 24.8. The second-order valence-electron chi connectivity index (χ2n) is 6.64. The van der Waals surface area contributed by atoms with Gasteiger partial charge in [0.25, 0.3) is 0 Å². The second kappa shape index (κ2) is 13.3. The summed E-state index contributed by atoms with van der Waals surface area (Å²) in [5.41, 5.74) is 16.3. The van der Waals surface area contributed by atoms with Gasteiger partial charge in [-0.2, -0.15) is 0 Å². The third-order valence-electron chi connectivity index (χ3n) is 3.83. The Kier molecular flexibility index (Phi) is 11.9. The lowest BCUT2D eigenvalue weighted by Gasteiger charge is -2.24. The minimum atomic E-state index is -1.39. The van der Waals surface area contributed by atoms with Crippen molar-refractivity contribution >= 4 is 29.7 Å². The van der Waals surface area contributed by atoms with Gasteiger partial charge in [-0.3, -0.25) is 24.2 Å². The van der Waals surface area contributed by atoms with Crippen molar-refractivity contribution in [1.82, 2.24) is 16.0 Å². The Morgan fingerprint density at radius 1 is 1.00 bits per heavy atom. The average Bonchev–Trinajstić information content (AvgIpc) is 2.64. The molecule has 0 saturated carbocycles. The Labute approximate surface area is 168 Å². The summed E-state index contributed by atoms with van der Waals surface area (Å²) in [6.45, 7) is 2.25. The molecule has 13 heteroatoms. The lowest BCUT2D eigenvalue weighted by molar-refractivity contribution is -0.139. The highest BCUT2D eigenvalue weighted by molar-refractivity contribution is 5.93. The van der Waals surface area contributed by atoms with Crippen LogP contribution in [0.25, 0.3) is 0 Å². The van der Waals surface area contributed by atoms with E-state index in [1.165, 1.54) is 0 Å².